The SMILES string of the molecule is O=C(O)CNc1nccc(C2CC2)n1. The molecule has 1 aliphatic carbocycles. The van der Waals surface area contributed by atoms with Crippen molar-refractivity contribution in [2.45, 2.75) is 18.8 Å². The van der Waals surface area contributed by atoms with Gasteiger partial charge in [-0.25, -0.2) is 9.97 Å². The molecule has 0 aliphatic heterocycles. The highest BCUT2D eigenvalue weighted by atomic mass is 16.4. The zero-order valence-electron chi connectivity index (χ0n) is 7.60. The summed E-state index contributed by atoms with van der Waals surface area (Å²) in [7, 11) is 0. The fraction of sp³-hybridized carbons (Fsp3) is 0.444. The zero-order chi connectivity index (χ0) is 9.97. The number of nitrogens with one attached hydrogen (secondary N) is 1. The van der Waals surface area contributed by atoms with E-state index in [-0.39, 0.29) is 6.54 Å². The van der Waals surface area contributed by atoms with Crippen molar-refractivity contribution in [3.63, 3.8) is 0 Å². The highest BCUT2D eigenvalue weighted by Gasteiger charge is 2.25. The Balaban J connectivity index is 2.02. The van der Waals surface area contributed by atoms with Gasteiger partial charge in [-0.3, -0.25) is 4.79 Å². The van der Waals surface area contributed by atoms with Gasteiger partial charge in [0.25, 0.3) is 0 Å². The lowest BCUT2D eigenvalue weighted by molar-refractivity contribution is -0.134. The van der Waals surface area contributed by atoms with Crippen molar-refractivity contribution in [3.8, 4) is 0 Å². The quantitative estimate of drug-likeness (QED) is 0.741. The van der Waals surface area contributed by atoms with Crippen molar-refractivity contribution < 1.29 is 9.90 Å². The van der Waals surface area contributed by atoms with Gasteiger partial charge in [0.1, 0.15) is 6.54 Å². The first-order valence-electron chi connectivity index (χ1n) is 4.54. The van der Waals surface area contributed by atoms with Crippen molar-refractivity contribution in [1.29, 1.82) is 0 Å². The van der Waals surface area contributed by atoms with Crippen LogP contribution in [0.25, 0.3) is 0 Å². The molecule has 5 nitrogen and oxygen atoms in total. The molecule has 1 aliphatic rings. The molecule has 14 heavy (non-hydrogen) atoms. The molecular weight excluding hydrogens is 182 g/mol. The zero-order valence-corrected chi connectivity index (χ0v) is 7.60. The number of aliphatic carboxylic acids is 1. The molecule has 2 rings (SSSR count). The Morgan fingerprint density at radius 1 is 1.64 bits per heavy atom. The molecule has 2 N–H and O–H groups in total. The fourth-order valence-electron chi connectivity index (χ4n) is 1.22. The molecule has 0 amide bonds. The van der Waals surface area contributed by atoms with E-state index in [1.807, 2.05) is 6.07 Å². The van der Waals surface area contributed by atoms with Crippen LogP contribution >= 0.6 is 0 Å². The van der Waals surface area contributed by atoms with Gasteiger partial charge < -0.3 is 10.4 Å². The van der Waals surface area contributed by atoms with Gasteiger partial charge in [-0.2, -0.15) is 0 Å². The van der Waals surface area contributed by atoms with Crippen LogP contribution in [-0.4, -0.2) is 27.6 Å². The molecule has 0 bridgehead atoms. The first kappa shape index (κ1) is 8.93. The van der Waals surface area contributed by atoms with Gasteiger partial charge in [-0.15, -0.1) is 0 Å². The van der Waals surface area contributed by atoms with Gasteiger partial charge >= 0.3 is 5.97 Å². The minimum atomic E-state index is -0.912. The van der Waals surface area contributed by atoms with E-state index in [2.05, 4.69) is 15.3 Å². The normalized spacial score (nSPS) is 15.1. The number of aromatic nitrogens is 2. The molecule has 0 unspecified atom stereocenters. The molecule has 0 spiro atoms. The van der Waals surface area contributed by atoms with E-state index in [4.69, 9.17) is 5.11 Å². The first-order valence-corrected chi connectivity index (χ1v) is 4.54. The second kappa shape index (κ2) is 3.61. The Bertz CT molecular complexity index is 350. The van der Waals surface area contributed by atoms with Gasteiger partial charge in [0.2, 0.25) is 5.95 Å². The van der Waals surface area contributed by atoms with Crippen LogP contribution in [0.4, 0.5) is 5.95 Å². The average molecular weight is 193 g/mol. The molecule has 1 aromatic rings. The van der Waals surface area contributed by atoms with Crippen LogP contribution in [0.2, 0.25) is 0 Å². The van der Waals surface area contributed by atoms with E-state index in [9.17, 15) is 4.79 Å². The molecular formula is C9H11N3O2. The van der Waals surface area contributed by atoms with Gasteiger partial charge in [-0.05, 0) is 18.9 Å². The Morgan fingerprint density at radius 3 is 3.07 bits per heavy atom. The maximum atomic E-state index is 10.3. The number of anilines is 1. The highest BCUT2D eigenvalue weighted by molar-refractivity contribution is 5.71. The number of carboxylic acid groups (broad SMARTS) is 1. The Morgan fingerprint density at radius 2 is 2.43 bits per heavy atom. The third-order valence-corrected chi connectivity index (χ3v) is 2.07. The summed E-state index contributed by atoms with van der Waals surface area (Å²) < 4.78 is 0. The summed E-state index contributed by atoms with van der Waals surface area (Å²) in [5.74, 6) is 0.0469. The first-order chi connectivity index (χ1) is 6.75. The standard InChI is InChI=1S/C9H11N3O2/c13-8(14)5-11-9-10-4-3-7(12-9)6-1-2-6/h3-4,6H,1-2,5H2,(H,13,14)(H,10,11,12). The number of hydrogen-bond acceptors (Lipinski definition) is 4. The summed E-state index contributed by atoms with van der Waals surface area (Å²) >= 11 is 0. The van der Waals surface area contributed by atoms with Crippen LogP contribution < -0.4 is 5.32 Å². The lowest BCUT2D eigenvalue weighted by atomic mass is 10.3. The highest BCUT2D eigenvalue weighted by Crippen LogP contribution is 2.38. The summed E-state index contributed by atoms with van der Waals surface area (Å²) in [5.41, 5.74) is 1.01. The Hall–Kier alpha value is -1.65. The summed E-state index contributed by atoms with van der Waals surface area (Å²) in [5, 5.41) is 11.1. The molecule has 0 saturated heterocycles. The summed E-state index contributed by atoms with van der Waals surface area (Å²) in [6.45, 7) is -0.145. The predicted molar refractivity (Wildman–Crippen MR) is 50.1 cm³/mol. The lowest BCUT2D eigenvalue weighted by Crippen LogP contribution is -2.14. The minimum absolute atomic E-state index is 0.145. The maximum Gasteiger partial charge on any atom is 0.322 e. The van der Waals surface area contributed by atoms with Crippen LogP contribution in [0.15, 0.2) is 12.3 Å². The molecule has 74 valence electrons. The largest absolute Gasteiger partial charge is 0.480 e. The van der Waals surface area contributed by atoms with E-state index in [0.29, 0.717) is 11.9 Å². The maximum absolute atomic E-state index is 10.3. The molecule has 5 heteroatoms. The van der Waals surface area contributed by atoms with Crippen molar-refractivity contribution in [2.24, 2.45) is 0 Å². The predicted octanol–water partition coefficient (Wildman–Crippen LogP) is 0.850. The Labute approximate surface area is 81.2 Å². The number of carboxylic acids is 1. The van der Waals surface area contributed by atoms with Gasteiger partial charge in [0.15, 0.2) is 0 Å². The molecule has 0 radical (unpaired) electrons. The van der Waals surface area contributed by atoms with Gasteiger partial charge in [0, 0.05) is 17.8 Å². The third kappa shape index (κ3) is 2.18. The lowest BCUT2D eigenvalue weighted by Gasteiger charge is -2.02. The fourth-order valence-corrected chi connectivity index (χ4v) is 1.22. The van der Waals surface area contributed by atoms with E-state index in [1.54, 1.807) is 6.20 Å². The van der Waals surface area contributed by atoms with E-state index < -0.39 is 5.97 Å². The minimum Gasteiger partial charge on any atom is -0.480 e. The van der Waals surface area contributed by atoms with Crippen LogP contribution in [0.5, 0.6) is 0 Å². The molecule has 0 aromatic carbocycles. The summed E-state index contributed by atoms with van der Waals surface area (Å²) in [6, 6.07) is 1.88. The average Bonchev–Trinajstić information content (AvgIpc) is 2.98. The number of nitrogens with zero attached hydrogens (tertiary/aromatic N) is 2. The Kier molecular flexibility index (Phi) is 2.30. The topological polar surface area (TPSA) is 75.1 Å². The van der Waals surface area contributed by atoms with Crippen molar-refractivity contribution in [1.82, 2.24) is 9.97 Å². The monoisotopic (exact) mass is 193 g/mol. The molecule has 1 aromatic heterocycles. The molecule has 1 heterocycles. The molecule has 1 fully saturated rings. The van der Waals surface area contributed by atoms with Gasteiger partial charge in [0.05, 0.1) is 0 Å². The third-order valence-electron chi connectivity index (χ3n) is 2.07. The summed E-state index contributed by atoms with van der Waals surface area (Å²) in [6.07, 6.45) is 4.01. The number of carbonyl (C=O) groups is 1. The molecule has 0 atom stereocenters. The van der Waals surface area contributed by atoms with E-state index >= 15 is 0 Å². The number of hydrogen-bond donors (Lipinski definition) is 2. The smallest absolute Gasteiger partial charge is 0.322 e. The van der Waals surface area contributed by atoms with Gasteiger partial charge in [-0.1, -0.05) is 0 Å². The van der Waals surface area contributed by atoms with Crippen LogP contribution in [0, 0.1) is 0 Å². The van der Waals surface area contributed by atoms with Crippen LogP contribution in [0.3, 0.4) is 0 Å². The van der Waals surface area contributed by atoms with Crippen LogP contribution in [-0.2, 0) is 4.79 Å². The second-order valence-corrected chi connectivity index (χ2v) is 3.33. The van der Waals surface area contributed by atoms with Crippen molar-refractivity contribution >= 4 is 11.9 Å². The van der Waals surface area contributed by atoms with Crippen LogP contribution in [0.1, 0.15) is 24.5 Å². The van der Waals surface area contributed by atoms with Crippen molar-refractivity contribution in [3.05, 3.63) is 18.0 Å². The second-order valence-electron chi connectivity index (χ2n) is 3.33. The van der Waals surface area contributed by atoms with E-state index in [0.717, 1.165) is 5.69 Å². The molecule has 1 saturated carbocycles. The summed E-state index contributed by atoms with van der Waals surface area (Å²) in [4.78, 5) is 18.4. The van der Waals surface area contributed by atoms with Crippen molar-refractivity contribution in [2.75, 3.05) is 11.9 Å². The number of rotatable bonds is 4. The van der Waals surface area contributed by atoms with E-state index in [1.165, 1.54) is 12.8 Å².